The first kappa shape index (κ1) is 17.1. The summed E-state index contributed by atoms with van der Waals surface area (Å²) in [5, 5.41) is 9.62. The zero-order valence-corrected chi connectivity index (χ0v) is 13.7. The van der Waals surface area contributed by atoms with Crippen molar-refractivity contribution in [2.24, 2.45) is 0 Å². The predicted molar refractivity (Wildman–Crippen MR) is 84.4 cm³/mol. The molecular weight excluding hydrogens is 330 g/mol. The maximum absolute atomic E-state index is 12.4. The summed E-state index contributed by atoms with van der Waals surface area (Å²) in [7, 11) is 1.58. The van der Waals surface area contributed by atoms with Crippen molar-refractivity contribution < 1.29 is 23.5 Å². The highest BCUT2D eigenvalue weighted by Gasteiger charge is 2.33. The number of aromatic nitrogens is 3. The van der Waals surface area contributed by atoms with Crippen LogP contribution in [-0.2, 0) is 32.2 Å². The van der Waals surface area contributed by atoms with Gasteiger partial charge in [0.25, 0.3) is 0 Å². The first-order chi connectivity index (χ1) is 12.2. The minimum Gasteiger partial charge on any atom is -0.467 e. The summed E-state index contributed by atoms with van der Waals surface area (Å²) in [4.78, 5) is 28.5. The third-order valence-corrected chi connectivity index (χ3v) is 3.58. The number of fused-ring (bicyclic) bond motifs is 1. The van der Waals surface area contributed by atoms with Gasteiger partial charge >= 0.3 is 0 Å². The van der Waals surface area contributed by atoms with Crippen LogP contribution >= 0.6 is 0 Å². The van der Waals surface area contributed by atoms with Crippen molar-refractivity contribution in [2.75, 3.05) is 25.6 Å². The van der Waals surface area contributed by atoms with Gasteiger partial charge in [0.15, 0.2) is 5.82 Å². The summed E-state index contributed by atoms with van der Waals surface area (Å²) in [5.74, 6) is 0.630. The molecular formula is C15H19N5O5. The van der Waals surface area contributed by atoms with Crippen molar-refractivity contribution in [1.82, 2.24) is 20.1 Å². The van der Waals surface area contributed by atoms with Crippen molar-refractivity contribution in [3.05, 3.63) is 30.0 Å². The van der Waals surface area contributed by atoms with Gasteiger partial charge in [-0.1, -0.05) is 0 Å². The molecule has 10 nitrogen and oxygen atoms in total. The maximum Gasteiger partial charge on any atom is 0.245 e. The van der Waals surface area contributed by atoms with Crippen LogP contribution in [0.5, 0.6) is 0 Å². The Morgan fingerprint density at radius 2 is 2.40 bits per heavy atom. The summed E-state index contributed by atoms with van der Waals surface area (Å²) < 4.78 is 16.8. The molecule has 25 heavy (non-hydrogen) atoms. The fraction of sp³-hybridized carbons (Fsp3) is 0.467. The van der Waals surface area contributed by atoms with Crippen LogP contribution in [0.2, 0.25) is 0 Å². The zero-order chi connectivity index (χ0) is 17.6. The average molecular weight is 349 g/mol. The van der Waals surface area contributed by atoms with E-state index in [9.17, 15) is 9.59 Å². The molecule has 1 atom stereocenters. The van der Waals surface area contributed by atoms with E-state index in [1.807, 2.05) is 0 Å². The van der Waals surface area contributed by atoms with Crippen molar-refractivity contribution >= 4 is 17.8 Å². The van der Waals surface area contributed by atoms with E-state index in [-0.39, 0.29) is 37.3 Å². The summed E-state index contributed by atoms with van der Waals surface area (Å²) in [5.41, 5.74) is 0. The van der Waals surface area contributed by atoms with E-state index >= 15 is 0 Å². The number of hydrogen-bond acceptors (Lipinski definition) is 7. The maximum atomic E-state index is 12.4. The van der Waals surface area contributed by atoms with E-state index in [2.05, 4.69) is 20.7 Å². The number of anilines is 1. The molecule has 0 fully saturated rings. The van der Waals surface area contributed by atoms with Gasteiger partial charge in [-0.15, -0.1) is 0 Å². The molecule has 0 bridgehead atoms. The molecule has 1 aliphatic rings. The van der Waals surface area contributed by atoms with Crippen LogP contribution in [0.3, 0.4) is 0 Å². The van der Waals surface area contributed by atoms with Gasteiger partial charge < -0.3 is 19.2 Å². The Bertz CT molecular complexity index is 727. The summed E-state index contributed by atoms with van der Waals surface area (Å²) >= 11 is 0. The molecule has 2 aromatic heterocycles. The number of carbonyl (C=O) groups is 2. The van der Waals surface area contributed by atoms with Crippen molar-refractivity contribution in [3.8, 4) is 0 Å². The van der Waals surface area contributed by atoms with Crippen LogP contribution in [0, 0.1) is 0 Å². The number of nitrogens with zero attached hydrogens (tertiary/aromatic N) is 3. The molecule has 0 aromatic carbocycles. The normalized spacial score (nSPS) is 16.4. The van der Waals surface area contributed by atoms with Crippen LogP contribution in [-0.4, -0.2) is 46.9 Å². The Labute approximate surface area is 143 Å². The van der Waals surface area contributed by atoms with E-state index in [0.717, 1.165) is 0 Å². The van der Waals surface area contributed by atoms with Gasteiger partial charge in [-0.3, -0.25) is 14.9 Å². The Hall–Kier alpha value is -2.72. The molecule has 2 amide bonds. The highest BCUT2D eigenvalue weighted by molar-refractivity contribution is 5.96. The number of ether oxygens (including phenoxy) is 2. The molecule has 0 radical (unpaired) electrons. The summed E-state index contributed by atoms with van der Waals surface area (Å²) in [6, 6.07) is 2.73. The fourth-order valence-corrected chi connectivity index (χ4v) is 2.38. The van der Waals surface area contributed by atoms with Gasteiger partial charge in [-0.25, -0.2) is 4.68 Å². The number of methoxy groups -OCH3 is 1. The molecule has 134 valence electrons. The molecule has 3 rings (SSSR count). The highest BCUT2D eigenvalue weighted by Crippen LogP contribution is 2.23. The van der Waals surface area contributed by atoms with Crippen LogP contribution in [0.4, 0.5) is 5.95 Å². The third-order valence-electron chi connectivity index (χ3n) is 3.58. The van der Waals surface area contributed by atoms with E-state index in [4.69, 9.17) is 13.9 Å². The summed E-state index contributed by atoms with van der Waals surface area (Å²) in [6.07, 6.45) is 1.52. The molecule has 0 saturated heterocycles. The Kier molecular flexibility index (Phi) is 5.41. The lowest BCUT2D eigenvalue weighted by Gasteiger charge is -2.22. The van der Waals surface area contributed by atoms with Crippen LogP contribution in [0.1, 0.15) is 24.0 Å². The van der Waals surface area contributed by atoms with Crippen molar-refractivity contribution in [1.29, 1.82) is 0 Å². The Morgan fingerprint density at radius 1 is 1.52 bits per heavy atom. The Balaban J connectivity index is 1.66. The molecule has 0 spiro atoms. The molecule has 0 saturated carbocycles. The van der Waals surface area contributed by atoms with Gasteiger partial charge in [0.05, 0.1) is 32.4 Å². The number of carbonyl (C=O) groups excluding carboxylic acids is 2. The van der Waals surface area contributed by atoms with Gasteiger partial charge in [-0.2, -0.15) is 10.1 Å². The SMILES string of the molecule is COCCOCc1nc2n(n1)C(C(=O)NCc1ccco1)CC(=O)N2. The van der Waals surface area contributed by atoms with Crippen LogP contribution < -0.4 is 10.6 Å². The first-order valence-electron chi connectivity index (χ1n) is 7.79. The minimum absolute atomic E-state index is 0.00960. The average Bonchev–Trinajstić information content (AvgIpc) is 3.25. The third kappa shape index (κ3) is 4.22. The van der Waals surface area contributed by atoms with E-state index in [1.165, 1.54) is 10.9 Å². The lowest BCUT2D eigenvalue weighted by molar-refractivity contribution is -0.129. The Morgan fingerprint density at radius 3 is 3.16 bits per heavy atom. The predicted octanol–water partition coefficient (Wildman–Crippen LogP) is 0.234. The molecule has 0 aliphatic carbocycles. The molecule has 1 aliphatic heterocycles. The standard InChI is InChI=1S/C15H19N5O5/c1-23-5-6-24-9-12-17-15-18-13(21)7-11(20(15)19-12)14(22)16-8-10-3-2-4-25-10/h2-4,11H,5-9H2,1H3,(H,16,22)(H,17,18,19,21). The van der Waals surface area contributed by atoms with Gasteiger partial charge in [0, 0.05) is 7.11 Å². The zero-order valence-electron chi connectivity index (χ0n) is 13.7. The minimum atomic E-state index is -0.765. The van der Waals surface area contributed by atoms with Gasteiger partial charge in [0.1, 0.15) is 18.4 Å². The topological polar surface area (TPSA) is 121 Å². The van der Waals surface area contributed by atoms with E-state index in [0.29, 0.717) is 24.8 Å². The molecule has 2 aromatic rings. The molecule has 10 heteroatoms. The molecule has 3 heterocycles. The second-order valence-electron chi connectivity index (χ2n) is 5.41. The number of hydrogen-bond donors (Lipinski definition) is 2. The van der Waals surface area contributed by atoms with Crippen LogP contribution in [0.25, 0.3) is 0 Å². The lowest BCUT2D eigenvalue weighted by Crippen LogP contribution is -2.39. The van der Waals surface area contributed by atoms with Gasteiger partial charge in [0.2, 0.25) is 17.8 Å². The quantitative estimate of drug-likeness (QED) is 0.655. The second kappa shape index (κ2) is 7.90. The first-order valence-corrected chi connectivity index (χ1v) is 7.79. The molecule has 2 N–H and O–H groups in total. The number of furan rings is 1. The van der Waals surface area contributed by atoms with E-state index in [1.54, 1.807) is 19.2 Å². The smallest absolute Gasteiger partial charge is 0.245 e. The van der Waals surface area contributed by atoms with Gasteiger partial charge in [-0.05, 0) is 12.1 Å². The number of nitrogens with one attached hydrogen (secondary N) is 2. The van der Waals surface area contributed by atoms with Crippen LogP contribution in [0.15, 0.2) is 22.8 Å². The lowest BCUT2D eigenvalue weighted by atomic mass is 10.1. The number of amides is 2. The highest BCUT2D eigenvalue weighted by atomic mass is 16.5. The van der Waals surface area contributed by atoms with E-state index < -0.39 is 6.04 Å². The molecule has 1 unspecified atom stereocenters. The summed E-state index contributed by atoms with van der Waals surface area (Å²) in [6.45, 7) is 1.27. The largest absolute Gasteiger partial charge is 0.467 e. The van der Waals surface area contributed by atoms with Crippen molar-refractivity contribution in [3.63, 3.8) is 0 Å². The second-order valence-corrected chi connectivity index (χ2v) is 5.41. The fourth-order valence-electron chi connectivity index (χ4n) is 2.38. The van der Waals surface area contributed by atoms with Crippen molar-refractivity contribution in [2.45, 2.75) is 25.6 Å². The monoisotopic (exact) mass is 349 g/mol. The number of rotatable bonds is 8.